The Morgan fingerprint density at radius 3 is 2.56 bits per heavy atom. The van der Waals surface area contributed by atoms with Crippen molar-refractivity contribution in [2.24, 2.45) is 0 Å². The SMILES string of the molecule is CCOCCCC(=O)NS(=O)(=O)c1ccccc1. The van der Waals surface area contributed by atoms with Gasteiger partial charge < -0.3 is 4.74 Å². The number of rotatable bonds is 7. The van der Waals surface area contributed by atoms with E-state index in [9.17, 15) is 13.2 Å². The molecule has 1 amide bonds. The molecule has 0 aliphatic rings. The fourth-order valence-corrected chi connectivity index (χ4v) is 2.37. The van der Waals surface area contributed by atoms with Crippen molar-refractivity contribution in [3.05, 3.63) is 30.3 Å². The molecule has 0 bridgehead atoms. The second-order valence-corrected chi connectivity index (χ2v) is 5.32. The average molecular weight is 271 g/mol. The van der Waals surface area contributed by atoms with Gasteiger partial charge in [0.25, 0.3) is 10.0 Å². The maximum absolute atomic E-state index is 11.8. The van der Waals surface area contributed by atoms with E-state index in [4.69, 9.17) is 4.74 Å². The van der Waals surface area contributed by atoms with Crippen LogP contribution in [-0.2, 0) is 19.6 Å². The molecule has 0 fully saturated rings. The van der Waals surface area contributed by atoms with Gasteiger partial charge in [0.15, 0.2) is 0 Å². The Bertz CT molecular complexity index is 470. The van der Waals surface area contributed by atoms with Crippen molar-refractivity contribution in [3.8, 4) is 0 Å². The fraction of sp³-hybridized carbons (Fsp3) is 0.417. The van der Waals surface area contributed by atoms with E-state index in [1.54, 1.807) is 18.2 Å². The van der Waals surface area contributed by atoms with Gasteiger partial charge in [-0.15, -0.1) is 0 Å². The Balaban J connectivity index is 2.49. The molecule has 1 rings (SSSR count). The zero-order chi connectivity index (χ0) is 13.4. The van der Waals surface area contributed by atoms with Crippen LogP contribution in [-0.4, -0.2) is 27.5 Å². The van der Waals surface area contributed by atoms with Gasteiger partial charge in [0.2, 0.25) is 5.91 Å². The predicted octanol–water partition coefficient (Wildman–Crippen LogP) is 1.31. The van der Waals surface area contributed by atoms with Gasteiger partial charge in [-0.3, -0.25) is 4.79 Å². The van der Waals surface area contributed by atoms with Crippen molar-refractivity contribution >= 4 is 15.9 Å². The number of carbonyl (C=O) groups is 1. The molecule has 0 heterocycles. The van der Waals surface area contributed by atoms with Gasteiger partial charge >= 0.3 is 0 Å². The molecule has 0 aromatic heterocycles. The first-order valence-electron chi connectivity index (χ1n) is 5.74. The van der Waals surface area contributed by atoms with E-state index >= 15 is 0 Å². The van der Waals surface area contributed by atoms with Gasteiger partial charge in [0.05, 0.1) is 4.90 Å². The van der Waals surface area contributed by atoms with Crippen LogP contribution in [0.25, 0.3) is 0 Å². The monoisotopic (exact) mass is 271 g/mol. The molecule has 6 heteroatoms. The lowest BCUT2D eigenvalue weighted by molar-refractivity contribution is -0.119. The maximum atomic E-state index is 11.8. The van der Waals surface area contributed by atoms with Crippen LogP contribution in [0, 0.1) is 0 Å². The topological polar surface area (TPSA) is 72.5 Å². The Kier molecular flexibility index (Phi) is 5.80. The lowest BCUT2D eigenvalue weighted by atomic mass is 10.3. The number of ether oxygens (including phenoxy) is 1. The summed E-state index contributed by atoms with van der Waals surface area (Å²) in [6.45, 7) is 2.90. The molecular formula is C12H17NO4S. The Labute approximate surface area is 107 Å². The minimum atomic E-state index is -3.74. The Morgan fingerprint density at radius 1 is 1.28 bits per heavy atom. The van der Waals surface area contributed by atoms with E-state index in [1.807, 2.05) is 11.6 Å². The lowest BCUT2D eigenvalue weighted by Gasteiger charge is -2.06. The van der Waals surface area contributed by atoms with Crippen LogP contribution in [0.2, 0.25) is 0 Å². The number of amides is 1. The Hall–Kier alpha value is -1.40. The summed E-state index contributed by atoms with van der Waals surface area (Å²) in [5.74, 6) is -0.515. The quantitative estimate of drug-likeness (QED) is 0.759. The number of nitrogens with one attached hydrogen (secondary N) is 1. The largest absolute Gasteiger partial charge is 0.382 e. The summed E-state index contributed by atoms with van der Waals surface area (Å²) in [7, 11) is -3.74. The van der Waals surface area contributed by atoms with Crippen molar-refractivity contribution in [2.45, 2.75) is 24.7 Å². The molecule has 0 saturated carbocycles. The highest BCUT2D eigenvalue weighted by molar-refractivity contribution is 7.90. The first-order valence-corrected chi connectivity index (χ1v) is 7.23. The number of carbonyl (C=O) groups excluding carboxylic acids is 1. The maximum Gasteiger partial charge on any atom is 0.264 e. The van der Waals surface area contributed by atoms with E-state index in [-0.39, 0.29) is 11.3 Å². The van der Waals surface area contributed by atoms with Gasteiger partial charge in [0, 0.05) is 19.6 Å². The van der Waals surface area contributed by atoms with Crippen molar-refractivity contribution < 1.29 is 17.9 Å². The van der Waals surface area contributed by atoms with Crippen molar-refractivity contribution in [1.29, 1.82) is 0 Å². The van der Waals surface area contributed by atoms with E-state index in [2.05, 4.69) is 0 Å². The normalized spacial score (nSPS) is 11.2. The molecule has 5 nitrogen and oxygen atoms in total. The highest BCUT2D eigenvalue weighted by Gasteiger charge is 2.16. The van der Waals surface area contributed by atoms with Crippen LogP contribution in [0.1, 0.15) is 19.8 Å². The summed E-state index contributed by atoms with van der Waals surface area (Å²) >= 11 is 0. The van der Waals surface area contributed by atoms with Crippen LogP contribution in [0.4, 0.5) is 0 Å². The van der Waals surface area contributed by atoms with Gasteiger partial charge in [-0.25, -0.2) is 13.1 Å². The molecule has 100 valence electrons. The molecule has 1 N–H and O–H groups in total. The first kappa shape index (κ1) is 14.7. The van der Waals surface area contributed by atoms with E-state index < -0.39 is 15.9 Å². The third-order valence-electron chi connectivity index (χ3n) is 2.20. The Morgan fingerprint density at radius 2 is 1.94 bits per heavy atom. The van der Waals surface area contributed by atoms with Gasteiger partial charge in [-0.05, 0) is 25.5 Å². The van der Waals surface area contributed by atoms with E-state index in [1.165, 1.54) is 12.1 Å². The lowest BCUT2D eigenvalue weighted by Crippen LogP contribution is -2.30. The molecular weight excluding hydrogens is 254 g/mol. The smallest absolute Gasteiger partial charge is 0.264 e. The van der Waals surface area contributed by atoms with Gasteiger partial charge in [-0.1, -0.05) is 18.2 Å². The molecule has 1 aromatic carbocycles. The third-order valence-corrected chi connectivity index (χ3v) is 3.59. The molecule has 1 aromatic rings. The molecule has 0 aliphatic carbocycles. The van der Waals surface area contributed by atoms with Gasteiger partial charge in [0.1, 0.15) is 0 Å². The summed E-state index contributed by atoms with van der Waals surface area (Å²) in [5.41, 5.74) is 0. The standard InChI is InChI=1S/C12H17NO4S/c1-2-17-10-6-9-12(14)13-18(15,16)11-7-4-3-5-8-11/h3-5,7-8H,2,6,9-10H2,1H3,(H,13,14). The third kappa shape index (κ3) is 4.85. The van der Waals surface area contributed by atoms with Crippen molar-refractivity contribution in [3.63, 3.8) is 0 Å². The average Bonchev–Trinajstić information content (AvgIpc) is 2.35. The molecule has 0 unspecified atom stereocenters. The number of benzene rings is 1. The summed E-state index contributed by atoms with van der Waals surface area (Å²) in [6, 6.07) is 7.80. The first-order chi connectivity index (χ1) is 8.56. The van der Waals surface area contributed by atoms with Crippen LogP contribution < -0.4 is 4.72 Å². The molecule has 0 atom stereocenters. The summed E-state index contributed by atoms with van der Waals surface area (Å²) < 4.78 is 30.6. The van der Waals surface area contributed by atoms with Crippen LogP contribution >= 0.6 is 0 Å². The minimum Gasteiger partial charge on any atom is -0.382 e. The highest BCUT2D eigenvalue weighted by Crippen LogP contribution is 2.07. The van der Waals surface area contributed by atoms with Crippen LogP contribution in [0.3, 0.4) is 0 Å². The predicted molar refractivity (Wildman–Crippen MR) is 67.5 cm³/mol. The van der Waals surface area contributed by atoms with Gasteiger partial charge in [-0.2, -0.15) is 0 Å². The number of sulfonamides is 1. The van der Waals surface area contributed by atoms with Crippen LogP contribution in [0.5, 0.6) is 0 Å². The number of hydrogen-bond donors (Lipinski definition) is 1. The molecule has 0 aliphatic heterocycles. The van der Waals surface area contributed by atoms with Crippen LogP contribution in [0.15, 0.2) is 35.2 Å². The summed E-state index contributed by atoms with van der Waals surface area (Å²) in [4.78, 5) is 11.5. The minimum absolute atomic E-state index is 0.0863. The van der Waals surface area contributed by atoms with Crippen molar-refractivity contribution in [1.82, 2.24) is 4.72 Å². The molecule has 18 heavy (non-hydrogen) atoms. The zero-order valence-corrected chi connectivity index (χ0v) is 11.1. The summed E-state index contributed by atoms with van der Waals surface area (Å²) in [6.07, 6.45) is 0.635. The van der Waals surface area contributed by atoms with Crippen molar-refractivity contribution in [2.75, 3.05) is 13.2 Å². The second-order valence-electron chi connectivity index (χ2n) is 3.64. The van der Waals surface area contributed by atoms with E-state index in [0.717, 1.165) is 0 Å². The molecule has 0 saturated heterocycles. The zero-order valence-electron chi connectivity index (χ0n) is 10.3. The molecule has 0 radical (unpaired) electrons. The molecule has 0 spiro atoms. The summed E-state index contributed by atoms with van der Waals surface area (Å²) in [5, 5.41) is 0. The highest BCUT2D eigenvalue weighted by atomic mass is 32.2. The number of hydrogen-bond acceptors (Lipinski definition) is 4. The second kappa shape index (κ2) is 7.13. The van der Waals surface area contributed by atoms with E-state index in [0.29, 0.717) is 19.6 Å². The fourth-order valence-electron chi connectivity index (χ4n) is 1.34.